The van der Waals surface area contributed by atoms with E-state index in [1.807, 2.05) is 31.2 Å². The summed E-state index contributed by atoms with van der Waals surface area (Å²) in [5.74, 6) is 1.39. The van der Waals surface area contributed by atoms with Gasteiger partial charge in [0.05, 0.1) is 39.3 Å². The second-order valence-corrected chi connectivity index (χ2v) is 11.7. The summed E-state index contributed by atoms with van der Waals surface area (Å²) in [6.45, 7) is 9.46. The summed E-state index contributed by atoms with van der Waals surface area (Å²) < 4.78 is 19.0. The van der Waals surface area contributed by atoms with Gasteiger partial charge >= 0.3 is 5.97 Å². The van der Waals surface area contributed by atoms with Gasteiger partial charge in [-0.3, -0.25) is 4.79 Å². The maximum Gasteiger partial charge on any atom is 0.344 e. The van der Waals surface area contributed by atoms with Gasteiger partial charge in [-0.2, -0.15) is 9.78 Å². The minimum absolute atomic E-state index is 0.191. The second kappa shape index (κ2) is 13.0. The van der Waals surface area contributed by atoms with Gasteiger partial charge in [0.1, 0.15) is 11.5 Å². The molecule has 0 bridgehead atoms. The zero-order chi connectivity index (χ0) is 29.8. The molecule has 0 saturated carbocycles. The SMILES string of the molecule is COc1cc(C)c(-c2nc3ccccc3c(=O)n2N=Cc2cc(Br)c(OCC(=O)OC(C)C)c(Br)c2)cc1C(C)C. The molecule has 214 valence electrons. The minimum Gasteiger partial charge on any atom is -0.496 e. The molecule has 4 rings (SSSR count). The Balaban J connectivity index is 1.79. The number of hydrogen-bond acceptors (Lipinski definition) is 7. The molecule has 0 radical (unpaired) electrons. The van der Waals surface area contributed by atoms with Crippen molar-refractivity contribution in [3.8, 4) is 22.9 Å². The lowest BCUT2D eigenvalue weighted by Gasteiger charge is -2.17. The van der Waals surface area contributed by atoms with Crippen molar-refractivity contribution in [1.29, 1.82) is 0 Å². The monoisotopic (exact) mass is 683 g/mol. The molecule has 1 aromatic heterocycles. The Labute approximate surface area is 255 Å². The molecule has 41 heavy (non-hydrogen) atoms. The van der Waals surface area contributed by atoms with Crippen LogP contribution in [-0.2, 0) is 9.53 Å². The van der Waals surface area contributed by atoms with Crippen LogP contribution in [0.15, 0.2) is 67.4 Å². The topological polar surface area (TPSA) is 92.0 Å². The van der Waals surface area contributed by atoms with Gasteiger partial charge in [-0.1, -0.05) is 26.0 Å². The lowest BCUT2D eigenvalue weighted by molar-refractivity contribution is -0.149. The second-order valence-electron chi connectivity index (χ2n) is 10.0. The van der Waals surface area contributed by atoms with Crippen molar-refractivity contribution < 1.29 is 19.0 Å². The summed E-state index contributed by atoms with van der Waals surface area (Å²) in [6.07, 6.45) is 1.35. The Hall–Kier alpha value is -3.50. The molecule has 8 nitrogen and oxygen atoms in total. The Kier molecular flexibility index (Phi) is 9.65. The maximum atomic E-state index is 13.7. The molecule has 0 saturated heterocycles. The van der Waals surface area contributed by atoms with Crippen LogP contribution in [0.4, 0.5) is 0 Å². The molecule has 0 aliphatic carbocycles. The maximum absolute atomic E-state index is 13.7. The van der Waals surface area contributed by atoms with Crippen LogP contribution >= 0.6 is 31.9 Å². The van der Waals surface area contributed by atoms with Gasteiger partial charge in [-0.15, -0.1) is 0 Å². The number of benzene rings is 3. The van der Waals surface area contributed by atoms with Crippen LogP contribution in [0.1, 0.15) is 50.3 Å². The number of para-hydroxylation sites is 1. The molecule has 0 aliphatic rings. The molecule has 0 amide bonds. The van der Waals surface area contributed by atoms with Crippen molar-refractivity contribution in [3.63, 3.8) is 0 Å². The van der Waals surface area contributed by atoms with Crippen molar-refractivity contribution in [2.24, 2.45) is 5.10 Å². The first-order chi connectivity index (χ1) is 19.5. The molecule has 0 fully saturated rings. The molecule has 0 atom stereocenters. The fourth-order valence-corrected chi connectivity index (χ4v) is 5.77. The Morgan fingerprint density at radius 1 is 1.07 bits per heavy atom. The van der Waals surface area contributed by atoms with E-state index >= 15 is 0 Å². The quantitative estimate of drug-likeness (QED) is 0.136. The Bertz CT molecular complexity index is 1670. The number of methoxy groups -OCH3 is 1. The van der Waals surface area contributed by atoms with E-state index < -0.39 is 5.97 Å². The molecule has 10 heteroatoms. The van der Waals surface area contributed by atoms with E-state index in [9.17, 15) is 9.59 Å². The normalized spacial score (nSPS) is 11.6. The van der Waals surface area contributed by atoms with E-state index in [1.165, 1.54) is 4.68 Å². The number of carbonyl (C=O) groups excluding carboxylic acids is 1. The van der Waals surface area contributed by atoms with E-state index in [4.69, 9.17) is 19.2 Å². The standard InChI is InChI=1S/C31H31Br2N3O5/c1-17(2)22-14-23(19(5)11-27(22)39-6)30-35-26-10-8-7-9-21(26)31(38)36(30)34-15-20-12-24(32)29(25(33)13-20)40-16-28(37)41-18(3)4/h7-15,17-18H,16H2,1-6H3. The van der Waals surface area contributed by atoms with Crippen molar-refractivity contribution >= 4 is 54.9 Å². The van der Waals surface area contributed by atoms with Crippen LogP contribution < -0.4 is 15.0 Å². The van der Waals surface area contributed by atoms with Gasteiger partial charge in [0.25, 0.3) is 5.56 Å². The molecule has 0 aliphatic heterocycles. The third-order valence-electron chi connectivity index (χ3n) is 6.24. The minimum atomic E-state index is -0.463. The smallest absolute Gasteiger partial charge is 0.344 e. The van der Waals surface area contributed by atoms with Crippen LogP contribution in [0, 0.1) is 6.92 Å². The van der Waals surface area contributed by atoms with Crippen LogP contribution in [0.2, 0.25) is 0 Å². The molecule has 4 aromatic rings. The number of aryl methyl sites for hydroxylation is 1. The van der Waals surface area contributed by atoms with Crippen LogP contribution in [0.3, 0.4) is 0 Å². The van der Waals surface area contributed by atoms with Gasteiger partial charge in [0.2, 0.25) is 0 Å². The van der Waals surface area contributed by atoms with Crippen molar-refractivity contribution in [3.05, 3.63) is 84.5 Å². The highest BCUT2D eigenvalue weighted by atomic mass is 79.9. The number of rotatable bonds is 9. The number of ether oxygens (including phenoxy) is 3. The summed E-state index contributed by atoms with van der Waals surface area (Å²) in [5, 5.41) is 5.07. The fourth-order valence-electron chi connectivity index (χ4n) is 4.32. The van der Waals surface area contributed by atoms with Gasteiger partial charge in [-0.05, 0) is 112 Å². The highest BCUT2D eigenvalue weighted by molar-refractivity contribution is 9.11. The van der Waals surface area contributed by atoms with Crippen LogP contribution in [-0.4, -0.2) is 41.7 Å². The summed E-state index contributed by atoms with van der Waals surface area (Å²) in [5.41, 5.74) is 3.68. The van der Waals surface area contributed by atoms with Crippen molar-refractivity contribution in [2.75, 3.05) is 13.7 Å². The first kappa shape index (κ1) is 30.5. The molecular weight excluding hydrogens is 654 g/mol. The summed E-state index contributed by atoms with van der Waals surface area (Å²) in [4.78, 5) is 30.5. The summed E-state index contributed by atoms with van der Waals surface area (Å²) in [6, 6.07) is 14.8. The molecule has 0 unspecified atom stereocenters. The van der Waals surface area contributed by atoms with Crippen LogP contribution in [0.5, 0.6) is 11.5 Å². The van der Waals surface area contributed by atoms with Crippen molar-refractivity contribution in [2.45, 2.75) is 46.6 Å². The van der Waals surface area contributed by atoms with E-state index in [2.05, 4.69) is 50.8 Å². The van der Waals surface area contributed by atoms with Gasteiger partial charge < -0.3 is 14.2 Å². The van der Waals surface area contributed by atoms with Gasteiger partial charge in [-0.25, -0.2) is 9.78 Å². The highest BCUT2D eigenvalue weighted by Gasteiger charge is 2.19. The Morgan fingerprint density at radius 3 is 2.39 bits per heavy atom. The largest absolute Gasteiger partial charge is 0.496 e. The number of carbonyl (C=O) groups is 1. The average molecular weight is 685 g/mol. The first-order valence-corrected chi connectivity index (χ1v) is 14.6. The lowest BCUT2D eigenvalue weighted by Crippen LogP contribution is -2.21. The predicted molar refractivity (Wildman–Crippen MR) is 168 cm³/mol. The van der Waals surface area contributed by atoms with Crippen LogP contribution in [0.25, 0.3) is 22.3 Å². The van der Waals surface area contributed by atoms with Gasteiger partial charge in [0, 0.05) is 5.56 Å². The lowest BCUT2D eigenvalue weighted by atomic mass is 9.96. The molecule has 3 aromatic carbocycles. The van der Waals surface area contributed by atoms with Crippen molar-refractivity contribution in [1.82, 2.24) is 9.66 Å². The van der Waals surface area contributed by atoms with Gasteiger partial charge in [0.15, 0.2) is 12.4 Å². The number of halogens is 2. The van der Waals surface area contributed by atoms with E-state index in [0.717, 1.165) is 22.4 Å². The predicted octanol–water partition coefficient (Wildman–Crippen LogP) is 7.24. The Morgan fingerprint density at radius 2 is 1.76 bits per heavy atom. The number of esters is 1. The first-order valence-electron chi connectivity index (χ1n) is 13.1. The molecule has 0 N–H and O–H groups in total. The third kappa shape index (κ3) is 6.87. The summed E-state index contributed by atoms with van der Waals surface area (Å²) in [7, 11) is 1.65. The van der Waals surface area contributed by atoms with E-state index in [0.29, 0.717) is 37.0 Å². The summed E-state index contributed by atoms with van der Waals surface area (Å²) >= 11 is 7.01. The van der Waals surface area contributed by atoms with E-state index in [1.54, 1.807) is 51.4 Å². The highest BCUT2D eigenvalue weighted by Crippen LogP contribution is 2.35. The molecule has 0 spiro atoms. The average Bonchev–Trinajstić information content (AvgIpc) is 2.91. The van der Waals surface area contributed by atoms with E-state index in [-0.39, 0.29) is 24.2 Å². The number of fused-ring (bicyclic) bond motifs is 1. The molecule has 1 heterocycles. The zero-order valence-electron chi connectivity index (χ0n) is 23.7. The fraction of sp³-hybridized carbons (Fsp3) is 0.290. The number of hydrogen-bond donors (Lipinski definition) is 0. The molecular formula is C31H31Br2N3O5. The number of nitrogens with zero attached hydrogens (tertiary/aromatic N) is 3. The third-order valence-corrected chi connectivity index (χ3v) is 7.42. The zero-order valence-corrected chi connectivity index (χ0v) is 26.9. The number of aromatic nitrogens is 2.